The van der Waals surface area contributed by atoms with Crippen LogP contribution in [0.25, 0.3) is 6.08 Å². The Morgan fingerprint density at radius 2 is 1.86 bits per heavy atom. The Hall–Kier alpha value is -2.97. The minimum atomic E-state index is -0.284. The van der Waals surface area contributed by atoms with Crippen LogP contribution in [-0.2, 0) is 17.9 Å². The van der Waals surface area contributed by atoms with E-state index in [1.807, 2.05) is 24.3 Å². The number of anilines is 1. The van der Waals surface area contributed by atoms with E-state index in [0.29, 0.717) is 38.8 Å². The normalized spacial score (nSPS) is 11.1. The summed E-state index contributed by atoms with van der Waals surface area (Å²) in [5.74, 6) is 1.06. The fourth-order valence-corrected chi connectivity index (χ4v) is 4.58. The molecule has 190 valence electrons. The summed E-state index contributed by atoms with van der Waals surface area (Å²) in [4.78, 5) is 12.5. The van der Waals surface area contributed by atoms with Crippen molar-refractivity contribution >= 4 is 68.4 Å². The van der Waals surface area contributed by atoms with Crippen molar-refractivity contribution in [1.29, 1.82) is 0 Å². The second-order valence-electron chi connectivity index (χ2n) is 7.93. The van der Waals surface area contributed by atoms with Crippen molar-refractivity contribution in [2.75, 3.05) is 12.4 Å². The number of hydrogen-bond donors (Lipinski definition) is 1. The van der Waals surface area contributed by atoms with E-state index >= 15 is 0 Å². The molecule has 3 aromatic carbocycles. The van der Waals surface area contributed by atoms with E-state index in [1.165, 1.54) is 6.08 Å². The Labute approximate surface area is 237 Å². The Bertz CT molecular complexity index is 1460. The van der Waals surface area contributed by atoms with Crippen molar-refractivity contribution in [3.63, 3.8) is 0 Å². The number of carbonyl (C=O) groups excluding carboxylic acids is 1. The Balaban J connectivity index is 1.37. The zero-order chi connectivity index (χ0) is 26.4. The summed E-state index contributed by atoms with van der Waals surface area (Å²) >= 11 is 21.5. The van der Waals surface area contributed by atoms with Gasteiger partial charge >= 0.3 is 0 Å². The van der Waals surface area contributed by atoms with E-state index in [1.54, 1.807) is 60.6 Å². The molecule has 4 rings (SSSR count). The molecule has 4 aromatic rings. The van der Waals surface area contributed by atoms with E-state index < -0.39 is 0 Å². The van der Waals surface area contributed by atoms with Gasteiger partial charge in [0.2, 0.25) is 5.91 Å². The van der Waals surface area contributed by atoms with Gasteiger partial charge in [0.15, 0.2) is 0 Å². The van der Waals surface area contributed by atoms with Crippen LogP contribution in [0.4, 0.5) is 5.69 Å². The zero-order valence-electron chi connectivity index (χ0n) is 19.6. The second kappa shape index (κ2) is 12.5. The van der Waals surface area contributed by atoms with Crippen LogP contribution < -0.4 is 14.8 Å². The summed E-state index contributed by atoms with van der Waals surface area (Å²) in [6.07, 6.45) is 6.50. The topological polar surface area (TPSA) is 65.4 Å². The van der Waals surface area contributed by atoms with Gasteiger partial charge in [0.25, 0.3) is 0 Å². The molecule has 0 bridgehead atoms. The molecule has 37 heavy (non-hydrogen) atoms. The van der Waals surface area contributed by atoms with Gasteiger partial charge in [-0.2, -0.15) is 5.10 Å². The monoisotopic (exact) mass is 619 g/mol. The van der Waals surface area contributed by atoms with Crippen molar-refractivity contribution in [3.05, 3.63) is 109 Å². The molecule has 1 heterocycles. The van der Waals surface area contributed by atoms with Gasteiger partial charge in [-0.1, -0.05) is 46.9 Å². The summed E-state index contributed by atoms with van der Waals surface area (Å²) < 4.78 is 13.8. The molecule has 6 nitrogen and oxygen atoms in total. The predicted molar refractivity (Wildman–Crippen MR) is 152 cm³/mol. The standard InChI is InChI=1S/C27H21BrCl3N3O3/c1-36-25-7-3-17(10-19(25)16-37-26-8-5-20(29)12-22(26)28)4-9-27(35)33-21-13-32-34(15-21)14-18-2-6-23(30)24(31)11-18/h2-13,15H,14,16H2,1H3,(H,33,35)/b9-4+. The number of hydrogen-bond acceptors (Lipinski definition) is 4. The first kappa shape index (κ1) is 27.1. The van der Waals surface area contributed by atoms with Gasteiger partial charge in [-0.05, 0) is 75.6 Å². The molecular weight excluding hydrogens is 601 g/mol. The van der Waals surface area contributed by atoms with Gasteiger partial charge < -0.3 is 14.8 Å². The molecular formula is C27H21BrCl3N3O3. The van der Waals surface area contributed by atoms with Crippen LogP contribution >= 0.6 is 50.7 Å². The third kappa shape index (κ3) is 7.52. The fourth-order valence-electron chi connectivity index (χ4n) is 3.46. The maximum absolute atomic E-state index is 12.5. The number of carbonyl (C=O) groups is 1. The molecule has 0 unspecified atom stereocenters. The number of benzene rings is 3. The summed E-state index contributed by atoms with van der Waals surface area (Å²) in [5, 5.41) is 8.69. The van der Waals surface area contributed by atoms with E-state index in [2.05, 4.69) is 26.3 Å². The average molecular weight is 622 g/mol. The van der Waals surface area contributed by atoms with Crippen LogP contribution in [0.2, 0.25) is 15.1 Å². The SMILES string of the molecule is COc1ccc(/C=C/C(=O)Nc2cnn(Cc3ccc(Cl)c(Cl)c3)c2)cc1COc1ccc(Cl)cc1Br. The van der Waals surface area contributed by atoms with E-state index in [9.17, 15) is 4.79 Å². The van der Waals surface area contributed by atoms with Gasteiger partial charge in [-0.25, -0.2) is 0 Å². The molecule has 0 aliphatic heterocycles. The molecule has 1 N–H and O–H groups in total. The molecule has 0 atom stereocenters. The lowest BCUT2D eigenvalue weighted by atomic mass is 10.1. The lowest BCUT2D eigenvalue weighted by Crippen LogP contribution is -2.07. The highest BCUT2D eigenvalue weighted by atomic mass is 79.9. The maximum Gasteiger partial charge on any atom is 0.248 e. The molecule has 0 aliphatic carbocycles. The third-order valence-electron chi connectivity index (χ3n) is 5.24. The van der Waals surface area contributed by atoms with E-state index in [4.69, 9.17) is 44.3 Å². The van der Waals surface area contributed by atoms with E-state index in [0.717, 1.165) is 21.2 Å². The summed E-state index contributed by atoms with van der Waals surface area (Å²) in [6.45, 7) is 0.765. The van der Waals surface area contributed by atoms with Gasteiger partial charge in [0.05, 0.1) is 40.1 Å². The Morgan fingerprint density at radius 3 is 2.62 bits per heavy atom. The molecule has 10 heteroatoms. The van der Waals surface area contributed by atoms with Gasteiger partial charge in [-0.3, -0.25) is 9.48 Å². The van der Waals surface area contributed by atoms with Gasteiger partial charge in [0.1, 0.15) is 18.1 Å². The first-order valence-corrected chi connectivity index (χ1v) is 12.9. The highest BCUT2D eigenvalue weighted by Gasteiger charge is 2.09. The molecule has 0 saturated heterocycles. The summed E-state index contributed by atoms with van der Waals surface area (Å²) in [5.41, 5.74) is 3.17. The molecule has 0 saturated carbocycles. The third-order valence-corrected chi connectivity index (χ3v) is 6.83. The van der Waals surface area contributed by atoms with Gasteiger partial charge in [0, 0.05) is 22.9 Å². The zero-order valence-corrected chi connectivity index (χ0v) is 23.4. The molecule has 0 fully saturated rings. The van der Waals surface area contributed by atoms with Crippen LogP contribution in [0.5, 0.6) is 11.5 Å². The summed E-state index contributed by atoms with van der Waals surface area (Å²) in [6, 6.07) is 16.3. The quantitative estimate of drug-likeness (QED) is 0.193. The number of aromatic nitrogens is 2. The van der Waals surface area contributed by atoms with Crippen LogP contribution in [0.15, 0.2) is 77.5 Å². The number of ether oxygens (including phenoxy) is 2. The highest BCUT2D eigenvalue weighted by molar-refractivity contribution is 9.10. The Kier molecular flexibility index (Phi) is 9.16. The number of halogens is 4. The maximum atomic E-state index is 12.5. The van der Waals surface area contributed by atoms with Crippen molar-refractivity contribution in [1.82, 2.24) is 9.78 Å². The predicted octanol–water partition coefficient (Wildman–Crippen LogP) is 7.89. The number of methoxy groups -OCH3 is 1. The van der Waals surface area contributed by atoms with Crippen molar-refractivity contribution in [2.45, 2.75) is 13.2 Å². The first-order chi connectivity index (χ1) is 17.8. The van der Waals surface area contributed by atoms with Crippen LogP contribution in [0, 0.1) is 0 Å². The van der Waals surface area contributed by atoms with Crippen molar-refractivity contribution in [2.24, 2.45) is 0 Å². The number of nitrogens with zero attached hydrogens (tertiary/aromatic N) is 2. The second-order valence-corrected chi connectivity index (χ2v) is 10.0. The van der Waals surface area contributed by atoms with Gasteiger partial charge in [-0.15, -0.1) is 0 Å². The van der Waals surface area contributed by atoms with Crippen LogP contribution in [0.1, 0.15) is 16.7 Å². The molecule has 0 spiro atoms. The average Bonchev–Trinajstić information content (AvgIpc) is 3.31. The largest absolute Gasteiger partial charge is 0.496 e. The number of nitrogens with one attached hydrogen (secondary N) is 1. The van der Waals surface area contributed by atoms with E-state index in [-0.39, 0.29) is 12.5 Å². The molecule has 1 amide bonds. The Morgan fingerprint density at radius 1 is 1.05 bits per heavy atom. The van der Waals surface area contributed by atoms with Crippen molar-refractivity contribution < 1.29 is 14.3 Å². The lowest BCUT2D eigenvalue weighted by molar-refractivity contribution is -0.111. The minimum Gasteiger partial charge on any atom is -0.496 e. The summed E-state index contributed by atoms with van der Waals surface area (Å²) in [7, 11) is 1.60. The molecule has 0 aliphatic rings. The lowest BCUT2D eigenvalue weighted by Gasteiger charge is -2.12. The minimum absolute atomic E-state index is 0.273. The van der Waals surface area contributed by atoms with Crippen LogP contribution in [-0.4, -0.2) is 22.8 Å². The smallest absolute Gasteiger partial charge is 0.248 e. The number of amides is 1. The van der Waals surface area contributed by atoms with Crippen molar-refractivity contribution in [3.8, 4) is 11.5 Å². The highest BCUT2D eigenvalue weighted by Crippen LogP contribution is 2.30. The fraction of sp³-hybridized carbons (Fsp3) is 0.111. The number of rotatable bonds is 9. The molecule has 0 radical (unpaired) electrons. The molecule has 1 aromatic heterocycles. The first-order valence-electron chi connectivity index (χ1n) is 11.0. The van der Waals surface area contributed by atoms with Crippen LogP contribution in [0.3, 0.4) is 0 Å².